The van der Waals surface area contributed by atoms with Gasteiger partial charge in [-0.1, -0.05) is 0 Å². The fourth-order valence-corrected chi connectivity index (χ4v) is 2.78. The zero-order chi connectivity index (χ0) is 13.6. The van der Waals surface area contributed by atoms with Gasteiger partial charge in [-0.2, -0.15) is 9.19 Å². The van der Waals surface area contributed by atoms with E-state index in [0.29, 0.717) is 0 Å². The van der Waals surface area contributed by atoms with Crippen molar-refractivity contribution in [1.82, 2.24) is 9.55 Å². The summed E-state index contributed by atoms with van der Waals surface area (Å²) in [4.78, 5) is 15.2. The van der Waals surface area contributed by atoms with Gasteiger partial charge in [-0.25, -0.2) is 4.79 Å². The second-order valence-electron chi connectivity index (χ2n) is 4.15. The second-order valence-corrected chi connectivity index (χ2v) is 4.98. The van der Waals surface area contributed by atoms with Crippen LogP contribution in [0.25, 0.3) is 0 Å². The molecule has 3 N–H and O–H groups in total. The van der Waals surface area contributed by atoms with E-state index >= 15 is 0 Å². The van der Waals surface area contributed by atoms with Crippen LogP contribution in [0.5, 0.6) is 0 Å². The van der Waals surface area contributed by atoms with Gasteiger partial charge >= 0.3 is 17.1 Å². The molecule has 0 aliphatic carbocycles. The molecule has 1 aromatic rings. The van der Waals surface area contributed by atoms with Crippen molar-refractivity contribution in [3.8, 4) is 0 Å². The van der Waals surface area contributed by atoms with Gasteiger partial charge < -0.3 is 15.6 Å². The fourth-order valence-electron chi connectivity index (χ4n) is 2.06. The maximum absolute atomic E-state index is 11.7. The SMILES string of the molecule is Nc1ccn(C2O[C@@H]3COS(=O)O[C@@H]3[C@H]2O)c(=O)n1. The topological polar surface area (TPSA) is 126 Å². The van der Waals surface area contributed by atoms with Gasteiger partial charge in [0.2, 0.25) is 0 Å². The Bertz CT molecular complexity index is 577. The predicted molar refractivity (Wildman–Crippen MR) is 61.8 cm³/mol. The van der Waals surface area contributed by atoms with Crippen LogP contribution in [0.1, 0.15) is 6.23 Å². The summed E-state index contributed by atoms with van der Waals surface area (Å²) in [5, 5.41) is 10.1. The molecule has 3 rings (SSSR count). The van der Waals surface area contributed by atoms with Crippen molar-refractivity contribution >= 4 is 17.2 Å². The highest BCUT2D eigenvalue weighted by Gasteiger charge is 2.49. The number of aromatic nitrogens is 2. The maximum atomic E-state index is 11.7. The first-order chi connectivity index (χ1) is 9.06. The lowest BCUT2D eigenvalue weighted by atomic mass is 10.1. The summed E-state index contributed by atoms with van der Waals surface area (Å²) in [6.45, 7) is 0.0159. The van der Waals surface area contributed by atoms with Crippen molar-refractivity contribution in [3.05, 3.63) is 22.7 Å². The molecule has 0 spiro atoms. The lowest BCUT2D eigenvalue weighted by Crippen LogP contribution is -2.42. The number of aliphatic hydroxyl groups is 1. The molecule has 5 atom stereocenters. The van der Waals surface area contributed by atoms with Gasteiger partial charge in [0.1, 0.15) is 24.1 Å². The Balaban J connectivity index is 1.90. The molecule has 1 aromatic heterocycles. The van der Waals surface area contributed by atoms with Crippen LogP contribution < -0.4 is 11.4 Å². The number of nitrogens with zero attached hydrogens (tertiary/aromatic N) is 2. The Kier molecular flexibility index (Phi) is 3.11. The number of aliphatic hydroxyl groups excluding tert-OH is 1. The highest BCUT2D eigenvalue weighted by atomic mass is 32.2. The smallest absolute Gasteiger partial charge is 0.351 e. The van der Waals surface area contributed by atoms with E-state index < -0.39 is 41.6 Å². The van der Waals surface area contributed by atoms with E-state index in [2.05, 4.69) is 4.98 Å². The molecule has 19 heavy (non-hydrogen) atoms. The molecule has 0 radical (unpaired) electrons. The van der Waals surface area contributed by atoms with Gasteiger partial charge in [0.25, 0.3) is 0 Å². The third kappa shape index (κ3) is 2.17. The summed E-state index contributed by atoms with van der Waals surface area (Å²) in [7, 11) is 0. The minimum absolute atomic E-state index is 0.0159. The Morgan fingerprint density at radius 3 is 3.11 bits per heavy atom. The first-order valence-corrected chi connectivity index (χ1v) is 6.46. The summed E-state index contributed by atoms with van der Waals surface area (Å²) in [6, 6.07) is 1.41. The summed E-state index contributed by atoms with van der Waals surface area (Å²) < 4.78 is 27.4. The molecule has 0 saturated carbocycles. The fraction of sp³-hybridized carbons (Fsp3) is 0.556. The van der Waals surface area contributed by atoms with Crippen LogP contribution in [0, 0.1) is 0 Å². The number of rotatable bonds is 1. The number of hydrogen-bond donors (Lipinski definition) is 2. The quantitative estimate of drug-likeness (QED) is 0.612. The molecule has 104 valence electrons. The number of hydrogen-bond acceptors (Lipinski definition) is 8. The van der Waals surface area contributed by atoms with E-state index in [-0.39, 0.29) is 12.4 Å². The van der Waals surface area contributed by atoms with E-state index in [9.17, 15) is 14.1 Å². The van der Waals surface area contributed by atoms with Crippen LogP contribution in [0.3, 0.4) is 0 Å². The van der Waals surface area contributed by atoms with Gasteiger partial charge in [-0.05, 0) is 6.07 Å². The molecule has 3 heterocycles. The number of nitrogen functional groups attached to an aromatic ring is 1. The highest BCUT2D eigenvalue weighted by Crippen LogP contribution is 2.33. The summed E-state index contributed by atoms with van der Waals surface area (Å²) in [6.07, 6.45) is -2.17. The van der Waals surface area contributed by atoms with Crippen molar-refractivity contribution < 1.29 is 22.4 Å². The van der Waals surface area contributed by atoms with E-state index in [1.807, 2.05) is 0 Å². The van der Waals surface area contributed by atoms with Crippen LogP contribution in [-0.4, -0.2) is 43.8 Å². The lowest BCUT2D eigenvalue weighted by Gasteiger charge is -2.23. The molecule has 2 saturated heterocycles. The first-order valence-electron chi connectivity index (χ1n) is 5.46. The van der Waals surface area contributed by atoms with Crippen LogP contribution in [0.15, 0.2) is 17.1 Å². The normalized spacial score (nSPS) is 38.1. The van der Waals surface area contributed by atoms with Crippen LogP contribution in [-0.2, 0) is 24.5 Å². The minimum Gasteiger partial charge on any atom is -0.386 e. The second kappa shape index (κ2) is 4.65. The summed E-state index contributed by atoms with van der Waals surface area (Å²) in [5.74, 6) is 0.0758. The van der Waals surface area contributed by atoms with Crippen LogP contribution in [0.4, 0.5) is 5.82 Å². The highest BCUT2D eigenvalue weighted by molar-refractivity contribution is 7.75. The van der Waals surface area contributed by atoms with E-state index in [0.717, 1.165) is 4.57 Å². The van der Waals surface area contributed by atoms with Gasteiger partial charge in [-0.15, -0.1) is 0 Å². The monoisotopic (exact) mass is 289 g/mol. The van der Waals surface area contributed by atoms with E-state index in [1.54, 1.807) is 0 Å². The molecule has 2 aliphatic rings. The molecule has 0 aromatic carbocycles. The Labute approximate surface area is 109 Å². The lowest BCUT2D eigenvalue weighted by molar-refractivity contribution is -0.0560. The van der Waals surface area contributed by atoms with E-state index in [4.69, 9.17) is 18.8 Å². The van der Waals surface area contributed by atoms with Crippen molar-refractivity contribution in [2.75, 3.05) is 12.3 Å². The zero-order valence-electron chi connectivity index (χ0n) is 9.54. The zero-order valence-corrected chi connectivity index (χ0v) is 10.4. The average Bonchev–Trinajstić information content (AvgIpc) is 2.67. The molecule has 0 bridgehead atoms. The van der Waals surface area contributed by atoms with Crippen molar-refractivity contribution in [2.24, 2.45) is 0 Å². The predicted octanol–water partition coefficient (Wildman–Crippen LogP) is -1.92. The number of ether oxygens (including phenoxy) is 1. The first kappa shape index (κ1) is 12.7. The van der Waals surface area contributed by atoms with Gasteiger partial charge in [0, 0.05) is 6.20 Å². The molecule has 2 unspecified atom stereocenters. The number of fused-ring (bicyclic) bond motifs is 1. The molecule has 2 fully saturated rings. The molecule has 10 heteroatoms. The Hall–Kier alpha value is -1.33. The van der Waals surface area contributed by atoms with Crippen molar-refractivity contribution in [2.45, 2.75) is 24.5 Å². The largest absolute Gasteiger partial charge is 0.386 e. The summed E-state index contributed by atoms with van der Waals surface area (Å²) >= 11 is -1.91. The summed E-state index contributed by atoms with van der Waals surface area (Å²) in [5.41, 5.74) is 4.73. The van der Waals surface area contributed by atoms with Gasteiger partial charge in [0.15, 0.2) is 6.23 Å². The molecule has 2 aliphatic heterocycles. The maximum Gasteiger partial charge on any atom is 0.351 e. The Morgan fingerprint density at radius 1 is 1.58 bits per heavy atom. The van der Waals surface area contributed by atoms with Crippen LogP contribution >= 0.6 is 0 Å². The third-order valence-corrected chi connectivity index (χ3v) is 3.66. The van der Waals surface area contributed by atoms with E-state index in [1.165, 1.54) is 12.3 Å². The number of anilines is 1. The van der Waals surface area contributed by atoms with Crippen LogP contribution in [0.2, 0.25) is 0 Å². The van der Waals surface area contributed by atoms with Gasteiger partial charge in [0.05, 0.1) is 6.61 Å². The minimum atomic E-state index is -1.91. The van der Waals surface area contributed by atoms with Crippen molar-refractivity contribution in [1.29, 1.82) is 0 Å². The van der Waals surface area contributed by atoms with Gasteiger partial charge in [-0.3, -0.25) is 12.9 Å². The Morgan fingerprint density at radius 2 is 2.37 bits per heavy atom. The molecular weight excluding hydrogens is 278 g/mol. The third-order valence-electron chi connectivity index (χ3n) is 2.95. The molecule has 0 amide bonds. The molecule has 9 nitrogen and oxygen atoms in total. The molecular formula is C9H11N3O6S. The average molecular weight is 289 g/mol. The van der Waals surface area contributed by atoms with Crippen molar-refractivity contribution in [3.63, 3.8) is 0 Å². The standard InChI is InChI=1S/C9H11N3O6S/c10-5-1-2-12(9(14)11-5)8-6(13)7-4(17-8)3-16-19(15)18-7/h1-2,4,6-8,13H,3H2,(H2,10,11,14)/t4-,6-,7+,8?,19?/m1/s1. The number of nitrogens with two attached hydrogens (primary N) is 1.